The summed E-state index contributed by atoms with van der Waals surface area (Å²) in [6.07, 6.45) is 1.50. The molecule has 1 atom stereocenters. The molecule has 6 nitrogen and oxygen atoms in total. The highest BCUT2D eigenvalue weighted by molar-refractivity contribution is 6.32. The Kier molecular flexibility index (Phi) is 4.35. The van der Waals surface area contributed by atoms with Gasteiger partial charge in [-0.15, -0.1) is 0 Å². The summed E-state index contributed by atoms with van der Waals surface area (Å²) in [5.41, 5.74) is 0.415. The van der Waals surface area contributed by atoms with Gasteiger partial charge in [-0.25, -0.2) is 0 Å². The molecule has 23 heavy (non-hydrogen) atoms. The Bertz CT molecular complexity index is 647. The van der Waals surface area contributed by atoms with Crippen molar-refractivity contribution in [2.75, 3.05) is 33.9 Å². The van der Waals surface area contributed by atoms with Gasteiger partial charge in [-0.05, 0) is 25.0 Å². The number of likely N-dealkylation sites (N-methyl/N-ethyl adjacent to an activating group) is 1. The molecule has 1 unspecified atom stereocenters. The number of hydrogen-bond donors (Lipinski definition) is 0. The van der Waals surface area contributed by atoms with Crippen LogP contribution in [-0.2, 0) is 4.79 Å². The molecule has 1 saturated heterocycles. The average Bonchev–Trinajstić information content (AvgIpc) is 3.02. The van der Waals surface area contributed by atoms with E-state index in [0.29, 0.717) is 48.3 Å². The standard InChI is InChI=1S/C16H19ClN2O4/c1-18(2)16(21)12-4-3-5-19(12)15(20)10-8-11(17)14-13(9-10)22-6-7-23-14/h8-9,12H,3-7H2,1-2H3. The Balaban J connectivity index is 1.88. The average molecular weight is 339 g/mol. The summed E-state index contributed by atoms with van der Waals surface area (Å²) >= 11 is 6.20. The van der Waals surface area contributed by atoms with Crippen molar-refractivity contribution < 1.29 is 19.1 Å². The van der Waals surface area contributed by atoms with Crippen LogP contribution in [0.5, 0.6) is 11.5 Å². The Hall–Kier alpha value is -1.95. The number of amides is 2. The molecule has 2 aliphatic heterocycles. The third-order valence-electron chi connectivity index (χ3n) is 4.08. The summed E-state index contributed by atoms with van der Waals surface area (Å²) in [6.45, 7) is 1.42. The molecule has 1 fully saturated rings. The van der Waals surface area contributed by atoms with Crippen molar-refractivity contribution in [3.05, 3.63) is 22.7 Å². The van der Waals surface area contributed by atoms with Crippen LogP contribution in [0.2, 0.25) is 5.02 Å². The molecular formula is C16H19ClN2O4. The molecular weight excluding hydrogens is 320 g/mol. The number of nitrogens with zero attached hydrogens (tertiary/aromatic N) is 2. The Labute approximate surface area is 139 Å². The van der Waals surface area contributed by atoms with Crippen LogP contribution < -0.4 is 9.47 Å². The summed E-state index contributed by atoms with van der Waals surface area (Å²) in [5, 5.41) is 0.347. The van der Waals surface area contributed by atoms with Gasteiger partial charge in [0.25, 0.3) is 5.91 Å². The van der Waals surface area contributed by atoms with Gasteiger partial charge in [0.1, 0.15) is 19.3 Å². The van der Waals surface area contributed by atoms with Crippen LogP contribution in [0, 0.1) is 0 Å². The van der Waals surface area contributed by atoms with Crippen LogP contribution in [0.3, 0.4) is 0 Å². The molecule has 1 aromatic rings. The smallest absolute Gasteiger partial charge is 0.254 e. The first kappa shape index (κ1) is 15.9. The molecule has 0 radical (unpaired) electrons. The second kappa shape index (κ2) is 6.28. The highest BCUT2D eigenvalue weighted by Crippen LogP contribution is 2.39. The number of carbonyl (C=O) groups is 2. The summed E-state index contributed by atoms with van der Waals surface area (Å²) in [5.74, 6) is 0.680. The minimum atomic E-state index is -0.413. The van der Waals surface area contributed by atoms with E-state index in [9.17, 15) is 9.59 Å². The first-order chi connectivity index (χ1) is 11.0. The minimum absolute atomic E-state index is 0.0560. The third-order valence-corrected chi connectivity index (χ3v) is 4.36. The lowest BCUT2D eigenvalue weighted by Gasteiger charge is -2.27. The topological polar surface area (TPSA) is 59.1 Å². The van der Waals surface area contributed by atoms with Crippen LogP contribution in [0.25, 0.3) is 0 Å². The molecule has 0 bridgehead atoms. The number of halogens is 1. The van der Waals surface area contributed by atoms with E-state index >= 15 is 0 Å². The molecule has 0 spiro atoms. The quantitative estimate of drug-likeness (QED) is 0.825. The zero-order chi connectivity index (χ0) is 16.6. The highest BCUT2D eigenvalue weighted by atomic mass is 35.5. The minimum Gasteiger partial charge on any atom is -0.486 e. The second-order valence-corrected chi connectivity index (χ2v) is 6.28. The largest absolute Gasteiger partial charge is 0.486 e. The van der Waals surface area contributed by atoms with Gasteiger partial charge < -0.3 is 19.3 Å². The van der Waals surface area contributed by atoms with Crippen molar-refractivity contribution in [1.29, 1.82) is 0 Å². The Morgan fingerprint density at radius 3 is 2.74 bits per heavy atom. The molecule has 0 aliphatic carbocycles. The maximum atomic E-state index is 12.8. The zero-order valence-electron chi connectivity index (χ0n) is 13.2. The van der Waals surface area contributed by atoms with Gasteiger partial charge in [-0.3, -0.25) is 9.59 Å². The van der Waals surface area contributed by atoms with E-state index in [1.807, 2.05) is 0 Å². The van der Waals surface area contributed by atoms with E-state index < -0.39 is 6.04 Å². The molecule has 3 rings (SSSR count). The third kappa shape index (κ3) is 2.95. The van der Waals surface area contributed by atoms with E-state index in [1.54, 1.807) is 31.1 Å². The van der Waals surface area contributed by atoms with Crippen LogP contribution in [-0.4, -0.2) is 61.5 Å². The van der Waals surface area contributed by atoms with Crippen LogP contribution in [0.1, 0.15) is 23.2 Å². The van der Waals surface area contributed by atoms with Crippen molar-refractivity contribution >= 4 is 23.4 Å². The number of hydrogen-bond acceptors (Lipinski definition) is 4. The Morgan fingerprint density at radius 1 is 1.26 bits per heavy atom. The van der Waals surface area contributed by atoms with Gasteiger partial charge in [0.05, 0.1) is 5.02 Å². The lowest BCUT2D eigenvalue weighted by molar-refractivity contribution is -0.132. The highest BCUT2D eigenvalue weighted by Gasteiger charge is 2.36. The van der Waals surface area contributed by atoms with Gasteiger partial charge in [-0.1, -0.05) is 11.6 Å². The fraction of sp³-hybridized carbons (Fsp3) is 0.500. The van der Waals surface area contributed by atoms with Crippen molar-refractivity contribution in [3.63, 3.8) is 0 Å². The Morgan fingerprint density at radius 2 is 2.00 bits per heavy atom. The summed E-state index contributed by atoms with van der Waals surface area (Å²) < 4.78 is 11.0. The summed E-state index contributed by atoms with van der Waals surface area (Å²) in [7, 11) is 3.40. The predicted molar refractivity (Wildman–Crippen MR) is 85.2 cm³/mol. The molecule has 2 aliphatic rings. The van der Waals surface area contributed by atoms with Gasteiger partial charge in [0.15, 0.2) is 11.5 Å². The fourth-order valence-corrected chi connectivity index (χ4v) is 3.23. The molecule has 1 aromatic carbocycles. The van der Waals surface area contributed by atoms with E-state index in [4.69, 9.17) is 21.1 Å². The lowest BCUT2D eigenvalue weighted by atomic mass is 10.1. The summed E-state index contributed by atoms with van der Waals surface area (Å²) in [6, 6.07) is 2.80. The van der Waals surface area contributed by atoms with Crippen LogP contribution >= 0.6 is 11.6 Å². The number of ether oxygens (including phenoxy) is 2. The second-order valence-electron chi connectivity index (χ2n) is 5.87. The first-order valence-electron chi connectivity index (χ1n) is 7.60. The van der Waals surface area contributed by atoms with Crippen molar-refractivity contribution in [3.8, 4) is 11.5 Å². The molecule has 0 saturated carbocycles. The van der Waals surface area contributed by atoms with E-state index in [0.717, 1.165) is 6.42 Å². The van der Waals surface area contributed by atoms with E-state index in [2.05, 4.69) is 0 Å². The maximum Gasteiger partial charge on any atom is 0.254 e. The first-order valence-corrected chi connectivity index (χ1v) is 7.98. The van der Waals surface area contributed by atoms with E-state index in [1.165, 1.54) is 4.90 Å². The lowest BCUT2D eigenvalue weighted by Crippen LogP contribution is -2.45. The molecule has 2 heterocycles. The fourth-order valence-electron chi connectivity index (χ4n) is 2.96. The maximum absolute atomic E-state index is 12.8. The molecule has 124 valence electrons. The summed E-state index contributed by atoms with van der Waals surface area (Å²) in [4.78, 5) is 28.2. The normalized spacial score (nSPS) is 19.6. The van der Waals surface area contributed by atoms with E-state index in [-0.39, 0.29) is 11.8 Å². The zero-order valence-corrected chi connectivity index (χ0v) is 13.9. The van der Waals surface area contributed by atoms with Crippen LogP contribution in [0.15, 0.2) is 12.1 Å². The van der Waals surface area contributed by atoms with Crippen molar-refractivity contribution in [1.82, 2.24) is 9.80 Å². The number of fused-ring (bicyclic) bond motifs is 1. The molecule has 2 amide bonds. The number of carbonyl (C=O) groups excluding carboxylic acids is 2. The molecule has 0 aromatic heterocycles. The monoisotopic (exact) mass is 338 g/mol. The van der Waals surface area contributed by atoms with Crippen molar-refractivity contribution in [2.24, 2.45) is 0 Å². The van der Waals surface area contributed by atoms with Gasteiger partial charge in [0, 0.05) is 26.2 Å². The van der Waals surface area contributed by atoms with Gasteiger partial charge in [0.2, 0.25) is 5.91 Å². The molecule has 7 heteroatoms. The van der Waals surface area contributed by atoms with Gasteiger partial charge >= 0.3 is 0 Å². The number of likely N-dealkylation sites (tertiary alicyclic amines) is 1. The number of benzene rings is 1. The van der Waals surface area contributed by atoms with Gasteiger partial charge in [-0.2, -0.15) is 0 Å². The SMILES string of the molecule is CN(C)C(=O)C1CCCN1C(=O)c1cc(Cl)c2c(c1)OCCO2. The molecule has 0 N–H and O–H groups in total. The number of rotatable bonds is 2. The van der Waals surface area contributed by atoms with Crippen LogP contribution in [0.4, 0.5) is 0 Å². The predicted octanol–water partition coefficient (Wildman–Crippen LogP) is 1.80. The van der Waals surface area contributed by atoms with Crippen molar-refractivity contribution in [2.45, 2.75) is 18.9 Å².